The summed E-state index contributed by atoms with van der Waals surface area (Å²) >= 11 is 5.94. The number of fused-ring (bicyclic) bond motifs is 2. The van der Waals surface area contributed by atoms with E-state index in [9.17, 15) is 14.0 Å². The molecule has 2 atom stereocenters. The lowest BCUT2D eigenvalue weighted by molar-refractivity contribution is -0.0712. The van der Waals surface area contributed by atoms with Crippen LogP contribution < -0.4 is 9.47 Å². The highest BCUT2D eigenvalue weighted by Crippen LogP contribution is 2.50. The number of ether oxygens (including phenoxy) is 3. The Kier molecular flexibility index (Phi) is 6.76. The summed E-state index contributed by atoms with van der Waals surface area (Å²) in [5.41, 5.74) is 2.90. The van der Waals surface area contributed by atoms with E-state index in [4.69, 9.17) is 30.8 Å². The molecule has 4 aromatic rings. The van der Waals surface area contributed by atoms with Gasteiger partial charge in [0, 0.05) is 36.2 Å². The molecule has 0 radical (unpaired) electrons. The number of piperidine rings is 1. The van der Waals surface area contributed by atoms with Crippen molar-refractivity contribution in [1.29, 1.82) is 5.26 Å². The van der Waals surface area contributed by atoms with Gasteiger partial charge < -0.3 is 18.8 Å². The molecule has 7 rings (SSSR count). The summed E-state index contributed by atoms with van der Waals surface area (Å²) < 4.78 is 49.7. The first-order valence-electron chi connectivity index (χ1n) is 14.1. The van der Waals surface area contributed by atoms with Gasteiger partial charge in [-0.1, -0.05) is 11.6 Å². The molecule has 3 aliphatic rings. The molecule has 2 unspecified atom stereocenters. The highest BCUT2D eigenvalue weighted by Gasteiger charge is 2.43. The smallest absolute Gasteiger partial charge is 0.278 e. The molecule has 2 saturated heterocycles. The first-order valence-corrected chi connectivity index (χ1v) is 14.4. The van der Waals surface area contributed by atoms with Gasteiger partial charge in [-0.25, -0.2) is 18.7 Å². The van der Waals surface area contributed by atoms with Crippen LogP contribution in [0.5, 0.6) is 11.5 Å². The highest BCUT2D eigenvalue weighted by atomic mass is 35.5. The van der Waals surface area contributed by atoms with E-state index in [0.29, 0.717) is 24.5 Å². The fraction of sp³-hybridized carbons (Fsp3) is 0.387. The van der Waals surface area contributed by atoms with Crippen molar-refractivity contribution in [3.63, 3.8) is 0 Å². The average molecular weight is 592 g/mol. The summed E-state index contributed by atoms with van der Waals surface area (Å²) in [4.78, 5) is 11.5. The molecule has 0 aliphatic carbocycles. The van der Waals surface area contributed by atoms with E-state index in [1.54, 1.807) is 25.3 Å². The van der Waals surface area contributed by atoms with E-state index in [-0.39, 0.29) is 28.4 Å². The van der Waals surface area contributed by atoms with Crippen LogP contribution in [0.1, 0.15) is 54.7 Å². The van der Waals surface area contributed by atoms with E-state index >= 15 is 0 Å². The molecule has 2 aromatic carbocycles. The quantitative estimate of drug-likeness (QED) is 0.270. The van der Waals surface area contributed by atoms with Crippen molar-refractivity contribution in [3.05, 3.63) is 81.9 Å². The van der Waals surface area contributed by atoms with Gasteiger partial charge in [-0.3, -0.25) is 4.90 Å². The van der Waals surface area contributed by atoms with Crippen LogP contribution in [0, 0.1) is 23.0 Å². The fourth-order valence-corrected chi connectivity index (χ4v) is 6.32. The Labute approximate surface area is 246 Å². The number of hydrogen-bond donors (Lipinski definition) is 0. The van der Waals surface area contributed by atoms with E-state index < -0.39 is 17.4 Å². The molecule has 216 valence electrons. The Morgan fingerprint density at radius 2 is 1.93 bits per heavy atom. The molecule has 42 heavy (non-hydrogen) atoms. The Morgan fingerprint density at radius 3 is 2.64 bits per heavy atom. The van der Waals surface area contributed by atoms with Crippen LogP contribution in [0.4, 0.5) is 8.78 Å². The minimum Gasteiger partial charge on any atom is -0.444 e. The van der Waals surface area contributed by atoms with Crippen molar-refractivity contribution in [2.45, 2.75) is 57.1 Å². The topological polar surface area (TPSA) is 85.4 Å². The molecule has 3 aliphatic heterocycles. The number of aromatic nitrogens is 3. The van der Waals surface area contributed by atoms with Crippen molar-refractivity contribution in [1.82, 2.24) is 19.4 Å². The number of hydrogen-bond acceptors (Lipinski definition) is 7. The molecule has 0 spiro atoms. The van der Waals surface area contributed by atoms with Crippen LogP contribution >= 0.6 is 11.6 Å². The van der Waals surface area contributed by atoms with Gasteiger partial charge in [0.25, 0.3) is 5.79 Å². The van der Waals surface area contributed by atoms with Gasteiger partial charge in [0.15, 0.2) is 11.5 Å². The molecule has 0 saturated carbocycles. The van der Waals surface area contributed by atoms with Gasteiger partial charge in [0.1, 0.15) is 29.2 Å². The molecule has 5 heterocycles. The summed E-state index contributed by atoms with van der Waals surface area (Å²) in [5, 5.41) is 9.56. The maximum Gasteiger partial charge on any atom is 0.278 e. The van der Waals surface area contributed by atoms with Crippen molar-refractivity contribution in [2.24, 2.45) is 0 Å². The van der Waals surface area contributed by atoms with Gasteiger partial charge in [0.05, 0.1) is 42.0 Å². The summed E-state index contributed by atoms with van der Waals surface area (Å²) in [7, 11) is 0. The predicted octanol–water partition coefficient (Wildman–Crippen LogP) is 6.05. The Bertz CT molecular complexity index is 1730. The second kappa shape index (κ2) is 10.5. The second-order valence-corrected chi connectivity index (χ2v) is 11.7. The number of nitriles is 1. The van der Waals surface area contributed by atoms with Gasteiger partial charge in [0.2, 0.25) is 0 Å². The Hall–Kier alpha value is -3.78. The van der Waals surface area contributed by atoms with Crippen molar-refractivity contribution in [2.75, 3.05) is 19.7 Å². The van der Waals surface area contributed by atoms with Crippen molar-refractivity contribution >= 4 is 22.6 Å². The fourth-order valence-electron chi connectivity index (χ4n) is 6.16. The molecule has 2 aromatic heterocycles. The molecule has 0 amide bonds. The zero-order valence-corrected chi connectivity index (χ0v) is 23.7. The molecular weight excluding hydrogens is 564 g/mol. The third-order valence-corrected chi connectivity index (χ3v) is 8.71. The largest absolute Gasteiger partial charge is 0.444 e. The predicted molar refractivity (Wildman–Crippen MR) is 150 cm³/mol. The number of nitrogens with zero attached hydrogens (tertiary/aromatic N) is 5. The Balaban J connectivity index is 1.09. The van der Waals surface area contributed by atoms with E-state index in [0.717, 1.165) is 61.4 Å². The third-order valence-electron chi connectivity index (χ3n) is 8.47. The van der Waals surface area contributed by atoms with Gasteiger partial charge in [-0.05, 0) is 62.5 Å². The number of rotatable bonds is 6. The minimum atomic E-state index is -1.44. The Morgan fingerprint density at radius 1 is 1.12 bits per heavy atom. The van der Waals surface area contributed by atoms with Crippen LogP contribution in [0.25, 0.3) is 11.0 Å². The molecule has 0 bridgehead atoms. The summed E-state index contributed by atoms with van der Waals surface area (Å²) in [6, 6.07) is 10.9. The second-order valence-electron chi connectivity index (χ2n) is 11.2. The minimum absolute atomic E-state index is 0.0382. The molecule has 2 fully saturated rings. The molecule has 8 nitrogen and oxygen atoms in total. The van der Waals surface area contributed by atoms with E-state index in [2.05, 4.69) is 20.5 Å². The van der Waals surface area contributed by atoms with Crippen molar-refractivity contribution in [3.8, 4) is 17.6 Å². The van der Waals surface area contributed by atoms with Crippen LogP contribution in [-0.2, 0) is 23.6 Å². The zero-order valence-electron chi connectivity index (χ0n) is 22.9. The lowest BCUT2D eigenvalue weighted by Crippen LogP contribution is -2.35. The van der Waals surface area contributed by atoms with E-state index in [1.165, 1.54) is 24.3 Å². The SMILES string of the molecule is CC1(c2ccc(Cl)cc2F)Oc2cc(F)cc(C3CCN(Cc4nc5cc(C#N)ncc5n4CC4CCO4)CC3)c2O1. The first kappa shape index (κ1) is 27.1. The molecule has 0 N–H and O–H groups in total. The standard InChI is InChI=1S/C31H28ClF2N5O3/c1-31(24-3-2-19(32)10-25(24)34)41-28-12-20(33)11-23(30(28)42-31)18-4-7-38(8-5-18)17-29-37-26-13-21(14-35)36-15-27(26)39(29)16-22-6-9-40-22/h2-3,10-13,15,18,22H,4-9,16-17H2,1H3. The normalized spacial score (nSPS) is 22.3. The average Bonchev–Trinajstić information content (AvgIpc) is 3.46. The van der Waals surface area contributed by atoms with Gasteiger partial charge >= 0.3 is 0 Å². The number of benzene rings is 2. The van der Waals surface area contributed by atoms with E-state index in [1.807, 2.05) is 0 Å². The number of halogens is 3. The van der Waals surface area contributed by atoms with Crippen LogP contribution in [0.2, 0.25) is 5.02 Å². The zero-order chi connectivity index (χ0) is 29.0. The summed E-state index contributed by atoms with van der Waals surface area (Å²) in [6.07, 6.45) is 4.41. The first-order chi connectivity index (χ1) is 20.3. The van der Waals surface area contributed by atoms with Crippen LogP contribution in [0.15, 0.2) is 42.6 Å². The highest BCUT2D eigenvalue weighted by molar-refractivity contribution is 6.30. The third kappa shape index (κ3) is 4.85. The number of imidazole rings is 1. The van der Waals surface area contributed by atoms with Crippen molar-refractivity contribution < 1.29 is 23.0 Å². The molecule has 11 heteroatoms. The lowest BCUT2D eigenvalue weighted by atomic mass is 9.88. The monoisotopic (exact) mass is 591 g/mol. The number of likely N-dealkylation sites (tertiary alicyclic amines) is 1. The van der Waals surface area contributed by atoms with Gasteiger partial charge in [-0.15, -0.1) is 0 Å². The van der Waals surface area contributed by atoms with Crippen LogP contribution in [0.3, 0.4) is 0 Å². The maximum absolute atomic E-state index is 14.8. The maximum atomic E-state index is 14.8. The summed E-state index contributed by atoms with van der Waals surface area (Å²) in [6.45, 7) is 5.25. The van der Waals surface area contributed by atoms with Gasteiger partial charge in [-0.2, -0.15) is 5.26 Å². The summed E-state index contributed by atoms with van der Waals surface area (Å²) in [5.74, 6) is -0.757. The molecular formula is C31H28ClF2N5O3. The number of pyridine rings is 1. The lowest BCUT2D eigenvalue weighted by Gasteiger charge is -2.33. The van der Waals surface area contributed by atoms with Crippen LogP contribution in [-0.4, -0.2) is 45.2 Å².